The van der Waals surface area contributed by atoms with Crippen molar-refractivity contribution in [1.29, 1.82) is 0 Å². The summed E-state index contributed by atoms with van der Waals surface area (Å²) < 4.78 is 4.95. The van der Waals surface area contributed by atoms with Crippen molar-refractivity contribution in [3.8, 4) is 0 Å². The Balaban J connectivity index is 2.47. The van der Waals surface area contributed by atoms with E-state index in [1.807, 2.05) is 24.3 Å². The van der Waals surface area contributed by atoms with Gasteiger partial charge in [0, 0.05) is 19.3 Å². The molecule has 0 spiro atoms. The number of nitrogens with one attached hydrogen (secondary N) is 2. The first-order chi connectivity index (χ1) is 8.67. The minimum Gasteiger partial charge on any atom is -0.372 e. The van der Waals surface area contributed by atoms with Crippen LogP contribution in [0.15, 0.2) is 24.3 Å². The van der Waals surface area contributed by atoms with Gasteiger partial charge in [-0.25, -0.2) is 0 Å². The molecule has 1 aromatic carbocycles. The number of rotatable bonds is 7. The van der Waals surface area contributed by atoms with E-state index in [2.05, 4.69) is 17.6 Å². The van der Waals surface area contributed by atoms with Crippen LogP contribution in [-0.2, 0) is 16.1 Å². The zero-order chi connectivity index (χ0) is 13.4. The van der Waals surface area contributed by atoms with Crippen LogP contribution in [0.4, 0.5) is 5.69 Å². The number of amides is 1. The Morgan fingerprint density at radius 2 is 2.00 bits per heavy atom. The predicted octanol–water partition coefficient (Wildman–Crippen LogP) is 2.16. The van der Waals surface area contributed by atoms with E-state index < -0.39 is 6.10 Å². The highest BCUT2D eigenvalue weighted by molar-refractivity contribution is 5.93. The quantitative estimate of drug-likeness (QED) is 0.729. The molecule has 0 saturated carbocycles. The smallest absolute Gasteiger partial charge is 0.253 e. The van der Waals surface area contributed by atoms with Crippen molar-refractivity contribution in [3.63, 3.8) is 0 Å². The van der Waals surface area contributed by atoms with E-state index in [9.17, 15) is 4.79 Å². The Labute approximate surface area is 109 Å². The third-order valence-electron chi connectivity index (χ3n) is 2.70. The standard InChI is InChI=1S/C14H22N2O2/c1-4-9-15-10-12-5-7-13(8-6-12)16-14(17)11(2)18-3/h5-8,11,15H,4,9-10H2,1-3H3,(H,16,17). The number of ether oxygens (including phenoxy) is 1. The van der Waals surface area contributed by atoms with E-state index in [1.165, 1.54) is 12.7 Å². The first-order valence-electron chi connectivity index (χ1n) is 6.30. The third kappa shape index (κ3) is 4.85. The minimum atomic E-state index is -0.434. The van der Waals surface area contributed by atoms with Gasteiger partial charge in [0.25, 0.3) is 5.91 Å². The molecule has 1 rings (SSSR count). The summed E-state index contributed by atoms with van der Waals surface area (Å²) in [4.78, 5) is 11.6. The average molecular weight is 250 g/mol. The fourth-order valence-electron chi connectivity index (χ4n) is 1.47. The summed E-state index contributed by atoms with van der Waals surface area (Å²) in [6.45, 7) is 5.74. The second kappa shape index (κ2) is 7.84. The molecule has 1 aromatic rings. The van der Waals surface area contributed by atoms with Gasteiger partial charge in [-0.3, -0.25) is 4.79 Å². The second-order valence-electron chi connectivity index (χ2n) is 4.24. The van der Waals surface area contributed by atoms with Gasteiger partial charge in [0.1, 0.15) is 6.10 Å². The molecule has 4 heteroatoms. The molecule has 0 aliphatic heterocycles. The molecule has 100 valence electrons. The molecule has 0 bridgehead atoms. The topological polar surface area (TPSA) is 50.4 Å². The van der Waals surface area contributed by atoms with Crippen molar-refractivity contribution >= 4 is 11.6 Å². The summed E-state index contributed by atoms with van der Waals surface area (Å²) in [7, 11) is 1.52. The van der Waals surface area contributed by atoms with Crippen LogP contribution >= 0.6 is 0 Å². The van der Waals surface area contributed by atoms with Gasteiger partial charge in [-0.05, 0) is 37.6 Å². The Morgan fingerprint density at radius 3 is 2.56 bits per heavy atom. The molecule has 0 aromatic heterocycles. The van der Waals surface area contributed by atoms with E-state index in [-0.39, 0.29) is 5.91 Å². The molecule has 4 nitrogen and oxygen atoms in total. The lowest BCUT2D eigenvalue weighted by atomic mass is 10.2. The highest BCUT2D eigenvalue weighted by Gasteiger charge is 2.10. The van der Waals surface area contributed by atoms with Crippen LogP contribution in [0.1, 0.15) is 25.8 Å². The van der Waals surface area contributed by atoms with Crippen LogP contribution in [-0.4, -0.2) is 25.7 Å². The molecule has 0 saturated heterocycles. The van der Waals surface area contributed by atoms with Gasteiger partial charge in [0.15, 0.2) is 0 Å². The van der Waals surface area contributed by atoms with Gasteiger partial charge in [0.05, 0.1) is 0 Å². The monoisotopic (exact) mass is 250 g/mol. The zero-order valence-electron chi connectivity index (χ0n) is 11.3. The number of hydrogen-bond donors (Lipinski definition) is 2. The largest absolute Gasteiger partial charge is 0.372 e. The Hall–Kier alpha value is -1.39. The van der Waals surface area contributed by atoms with Crippen molar-refractivity contribution in [1.82, 2.24) is 5.32 Å². The van der Waals surface area contributed by atoms with Crippen LogP contribution in [0, 0.1) is 0 Å². The maximum Gasteiger partial charge on any atom is 0.253 e. The molecule has 1 atom stereocenters. The van der Waals surface area contributed by atoms with Crippen LogP contribution in [0.25, 0.3) is 0 Å². The second-order valence-corrected chi connectivity index (χ2v) is 4.24. The van der Waals surface area contributed by atoms with Crippen molar-refractivity contribution < 1.29 is 9.53 Å². The van der Waals surface area contributed by atoms with Gasteiger partial charge in [-0.15, -0.1) is 0 Å². The first kappa shape index (κ1) is 14.7. The summed E-state index contributed by atoms with van der Waals surface area (Å²) in [5.74, 6) is -0.130. The lowest BCUT2D eigenvalue weighted by molar-refractivity contribution is -0.124. The molecule has 0 heterocycles. The number of carbonyl (C=O) groups is 1. The molecular formula is C14H22N2O2. The van der Waals surface area contributed by atoms with Crippen LogP contribution < -0.4 is 10.6 Å². The first-order valence-corrected chi connectivity index (χ1v) is 6.30. The molecule has 0 radical (unpaired) electrons. The van der Waals surface area contributed by atoms with Crippen molar-refractivity contribution in [2.24, 2.45) is 0 Å². The Bertz CT molecular complexity index is 363. The molecule has 0 fully saturated rings. The van der Waals surface area contributed by atoms with Crippen LogP contribution in [0.5, 0.6) is 0 Å². The zero-order valence-corrected chi connectivity index (χ0v) is 11.3. The van der Waals surface area contributed by atoms with Gasteiger partial charge < -0.3 is 15.4 Å². The number of hydrogen-bond acceptors (Lipinski definition) is 3. The predicted molar refractivity (Wildman–Crippen MR) is 73.5 cm³/mol. The third-order valence-corrected chi connectivity index (χ3v) is 2.70. The Morgan fingerprint density at radius 1 is 1.33 bits per heavy atom. The summed E-state index contributed by atoms with van der Waals surface area (Å²) in [6.07, 6.45) is 0.694. The van der Waals surface area contributed by atoms with Gasteiger partial charge in [-0.2, -0.15) is 0 Å². The lowest BCUT2D eigenvalue weighted by Gasteiger charge is -2.11. The number of methoxy groups -OCH3 is 1. The highest BCUT2D eigenvalue weighted by atomic mass is 16.5. The average Bonchev–Trinajstić information content (AvgIpc) is 2.40. The van der Waals surface area contributed by atoms with E-state index in [0.29, 0.717) is 0 Å². The molecule has 1 unspecified atom stereocenters. The molecule has 18 heavy (non-hydrogen) atoms. The number of anilines is 1. The van der Waals surface area contributed by atoms with Crippen molar-refractivity contribution in [2.45, 2.75) is 32.9 Å². The summed E-state index contributed by atoms with van der Waals surface area (Å²) >= 11 is 0. The van der Waals surface area contributed by atoms with E-state index in [1.54, 1.807) is 6.92 Å². The fourth-order valence-corrected chi connectivity index (χ4v) is 1.47. The van der Waals surface area contributed by atoms with Crippen LogP contribution in [0.3, 0.4) is 0 Å². The molecular weight excluding hydrogens is 228 g/mol. The normalized spacial score (nSPS) is 12.2. The lowest BCUT2D eigenvalue weighted by Crippen LogP contribution is -2.26. The van der Waals surface area contributed by atoms with E-state index in [0.717, 1.165) is 25.2 Å². The highest BCUT2D eigenvalue weighted by Crippen LogP contribution is 2.10. The van der Waals surface area contributed by atoms with Crippen molar-refractivity contribution in [2.75, 3.05) is 19.0 Å². The van der Waals surface area contributed by atoms with Gasteiger partial charge in [0.2, 0.25) is 0 Å². The maximum absolute atomic E-state index is 11.6. The molecule has 2 N–H and O–H groups in total. The minimum absolute atomic E-state index is 0.130. The summed E-state index contributed by atoms with van der Waals surface area (Å²) in [5.41, 5.74) is 2.00. The Kier molecular flexibility index (Phi) is 6.39. The number of carbonyl (C=O) groups excluding carboxylic acids is 1. The summed E-state index contributed by atoms with van der Waals surface area (Å²) in [5, 5.41) is 6.13. The summed E-state index contributed by atoms with van der Waals surface area (Å²) in [6, 6.07) is 7.83. The molecule has 0 aliphatic rings. The van der Waals surface area contributed by atoms with Gasteiger partial charge >= 0.3 is 0 Å². The fraction of sp³-hybridized carbons (Fsp3) is 0.500. The SMILES string of the molecule is CCCNCc1ccc(NC(=O)C(C)OC)cc1. The van der Waals surface area contributed by atoms with Crippen LogP contribution in [0.2, 0.25) is 0 Å². The molecule has 1 amide bonds. The number of benzene rings is 1. The van der Waals surface area contributed by atoms with Crippen molar-refractivity contribution in [3.05, 3.63) is 29.8 Å². The van der Waals surface area contributed by atoms with Gasteiger partial charge in [-0.1, -0.05) is 19.1 Å². The maximum atomic E-state index is 11.6. The van der Waals surface area contributed by atoms with E-state index >= 15 is 0 Å². The molecule has 0 aliphatic carbocycles. The van der Waals surface area contributed by atoms with E-state index in [4.69, 9.17) is 4.74 Å².